The topological polar surface area (TPSA) is 45.7 Å². The largest absolute Gasteiger partial charge is 0.326 e. The first-order chi connectivity index (χ1) is 12.6. The molecule has 3 aromatic carbocycles. The van der Waals surface area contributed by atoms with Gasteiger partial charge in [0.2, 0.25) is 0 Å². The molecular weight excluding hydrogens is 327 g/mol. The number of amides is 1. The molecule has 0 aromatic heterocycles. The van der Waals surface area contributed by atoms with Crippen LogP contribution in [0.3, 0.4) is 0 Å². The van der Waals surface area contributed by atoms with Gasteiger partial charge in [0.1, 0.15) is 11.9 Å². The number of hydrogen-bond acceptors (Lipinski definition) is 1. The molecule has 0 saturated heterocycles. The van der Waals surface area contributed by atoms with E-state index in [0.29, 0.717) is 5.69 Å². The molecule has 4 heteroatoms. The molecule has 3 rings (SSSR count). The summed E-state index contributed by atoms with van der Waals surface area (Å²) in [7, 11) is 0. The molecule has 1 amide bonds. The van der Waals surface area contributed by atoms with Crippen LogP contribution in [-0.4, -0.2) is 11.9 Å². The smallest absolute Gasteiger partial charge is 0.282 e. The van der Waals surface area contributed by atoms with Crippen molar-refractivity contribution in [3.8, 4) is 0 Å². The van der Waals surface area contributed by atoms with E-state index in [1.807, 2.05) is 48.6 Å². The quantitative estimate of drug-likeness (QED) is 0.703. The summed E-state index contributed by atoms with van der Waals surface area (Å²) >= 11 is 0. The minimum Gasteiger partial charge on any atom is -0.326 e. The lowest BCUT2D eigenvalue weighted by Gasteiger charge is -2.20. The van der Waals surface area contributed by atoms with Crippen molar-refractivity contribution in [3.05, 3.63) is 102 Å². The summed E-state index contributed by atoms with van der Waals surface area (Å²) in [5, 5.41) is 4.89. The zero-order valence-electron chi connectivity index (χ0n) is 14.6. The Balaban J connectivity index is 1.75. The molecular formula is C22H22FN2O+. The Hall–Kier alpha value is -2.98. The Bertz CT molecular complexity index is 796. The third kappa shape index (κ3) is 4.55. The van der Waals surface area contributed by atoms with Crippen molar-refractivity contribution in [1.82, 2.24) is 0 Å². The highest BCUT2D eigenvalue weighted by Crippen LogP contribution is 2.18. The maximum Gasteiger partial charge on any atom is 0.282 e. The number of carbonyl (C=O) groups excluding carboxylic acids is 1. The lowest BCUT2D eigenvalue weighted by atomic mass is 9.98. The minimum atomic E-state index is -0.323. The van der Waals surface area contributed by atoms with E-state index >= 15 is 0 Å². The van der Waals surface area contributed by atoms with E-state index in [1.165, 1.54) is 12.1 Å². The van der Waals surface area contributed by atoms with E-state index < -0.39 is 0 Å². The molecule has 3 N–H and O–H groups in total. The molecule has 3 nitrogen and oxygen atoms in total. The number of hydrogen-bond donors (Lipinski definition) is 2. The highest BCUT2D eigenvalue weighted by atomic mass is 19.1. The second kappa shape index (κ2) is 8.41. The number of benzene rings is 3. The Kier molecular flexibility index (Phi) is 5.77. The molecule has 26 heavy (non-hydrogen) atoms. The van der Waals surface area contributed by atoms with Crippen molar-refractivity contribution in [1.29, 1.82) is 0 Å². The number of halogens is 1. The molecule has 3 aromatic rings. The summed E-state index contributed by atoms with van der Waals surface area (Å²) in [4.78, 5) is 12.6. The summed E-state index contributed by atoms with van der Waals surface area (Å²) in [5.74, 6) is -0.440. The van der Waals surface area contributed by atoms with Crippen LogP contribution in [0.5, 0.6) is 0 Å². The van der Waals surface area contributed by atoms with E-state index in [4.69, 9.17) is 0 Å². The second-order valence-corrected chi connectivity index (χ2v) is 6.28. The average molecular weight is 349 g/mol. The van der Waals surface area contributed by atoms with Gasteiger partial charge in [0.05, 0.1) is 0 Å². The molecule has 0 aliphatic carbocycles. The zero-order chi connectivity index (χ0) is 18.4. The lowest BCUT2D eigenvalue weighted by Crippen LogP contribution is -2.92. The molecule has 0 aliphatic rings. The monoisotopic (exact) mass is 349 g/mol. The number of carbonyl (C=O) groups is 1. The van der Waals surface area contributed by atoms with Gasteiger partial charge in [-0.2, -0.15) is 0 Å². The summed E-state index contributed by atoms with van der Waals surface area (Å²) in [6.07, 6.45) is 0. The molecule has 0 radical (unpaired) electrons. The summed E-state index contributed by atoms with van der Waals surface area (Å²) in [6.45, 7) is 1.87. The Morgan fingerprint density at radius 3 is 1.85 bits per heavy atom. The van der Waals surface area contributed by atoms with Crippen molar-refractivity contribution in [2.75, 3.05) is 5.32 Å². The number of quaternary nitrogens is 1. The third-order valence-corrected chi connectivity index (χ3v) is 4.32. The fourth-order valence-electron chi connectivity index (χ4n) is 2.90. The molecule has 0 saturated carbocycles. The molecule has 0 heterocycles. The van der Waals surface area contributed by atoms with Crippen molar-refractivity contribution in [2.45, 2.75) is 19.0 Å². The molecule has 0 unspecified atom stereocenters. The van der Waals surface area contributed by atoms with Gasteiger partial charge in [-0.3, -0.25) is 4.79 Å². The molecule has 0 spiro atoms. The van der Waals surface area contributed by atoms with Crippen LogP contribution in [0, 0.1) is 5.82 Å². The maximum atomic E-state index is 13.0. The van der Waals surface area contributed by atoms with Gasteiger partial charge in [-0.05, 0) is 31.2 Å². The normalized spacial score (nSPS) is 12.0. The SMILES string of the molecule is C[C@@H]([NH2+]C(c1ccccc1)c1ccccc1)C(=O)Nc1ccc(F)cc1. The fraction of sp³-hybridized carbons (Fsp3) is 0.136. The third-order valence-electron chi connectivity index (χ3n) is 4.32. The van der Waals surface area contributed by atoms with Crippen LogP contribution in [0.2, 0.25) is 0 Å². The van der Waals surface area contributed by atoms with E-state index in [0.717, 1.165) is 11.1 Å². The van der Waals surface area contributed by atoms with Crippen molar-refractivity contribution >= 4 is 11.6 Å². The fourth-order valence-corrected chi connectivity index (χ4v) is 2.90. The second-order valence-electron chi connectivity index (χ2n) is 6.28. The van der Waals surface area contributed by atoms with E-state index in [2.05, 4.69) is 29.6 Å². The van der Waals surface area contributed by atoms with Gasteiger partial charge in [-0.1, -0.05) is 60.7 Å². The van der Waals surface area contributed by atoms with E-state index in [-0.39, 0.29) is 23.8 Å². The zero-order valence-corrected chi connectivity index (χ0v) is 14.6. The van der Waals surface area contributed by atoms with Crippen LogP contribution in [0.15, 0.2) is 84.9 Å². The first-order valence-corrected chi connectivity index (χ1v) is 8.65. The van der Waals surface area contributed by atoms with E-state index in [9.17, 15) is 9.18 Å². The summed E-state index contributed by atoms with van der Waals surface area (Å²) in [6, 6.07) is 25.7. The van der Waals surface area contributed by atoms with Crippen LogP contribution in [-0.2, 0) is 4.79 Å². The Morgan fingerprint density at radius 2 is 1.35 bits per heavy atom. The minimum absolute atomic E-state index is 0.0198. The molecule has 0 fully saturated rings. The van der Waals surface area contributed by atoms with Crippen LogP contribution < -0.4 is 10.6 Å². The van der Waals surface area contributed by atoms with Gasteiger partial charge in [0.25, 0.3) is 5.91 Å². The first-order valence-electron chi connectivity index (χ1n) is 8.65. The standard InChI is InChI=1S/C22H21FN2O/c1-16(22(26)25-20-14-12-19(23)13-15-20)24-21(17-8-4-2-5-9-17)18-10-6-3-7-11-18/h2-16,21,24H,1H3,(H,25,26)/p+1/t16-/m1/s1. The predicted octanol–water partition coefficient (Wildman–Crippen LogP) is 3.51. The molecule has 132 valence electrons. The number of nitrogens with two attached hydrogens (primary N) is 1. The van der Waals surface area contributed by atoms with Crippen LogP contribution >= 0.6 is 0 Å². The highest BCUT2D eigenvalue weighted by molar-refractivity contribution is 5.93. The maximum absolute atomic E-state index is 13.0. The Morgan fingerprint density at radius 1 is 0.846 bits per heavy atom. The molecule has 0 bridgehead atoms. The number of anilines is 1. The lowest BCUT2D eigenvalue weighted by molar-refractivity contribution is -0.704. The number of rotatable bonds is 6. The van der Waals surface area contributed by atoms with E-state index in [1.54, 1.807) is 12.1 Å². The van der Waals surface area contributed by atoms with Gasteiger partial charge in [-0.15, -0.1) is 0 Å². The van der Waals surface area contributed by atoms with Gasteiger partial charge in [0, 0.05) is 16.8 Å². The number of nitrogens with one attached hydrogen (secondary N) is 1. The van der Waals surface area contributed by atoms with Crippen molar-refractivity contribution in [3.63, 3.8) is 0 Å². The molecule has 0 aliphatic heterocycles. The average Bonchev–Trinajstić information content (AvgIpc) is 2.69. The molecule has 1 atom stereocenters. The summed E-state index contributed by atoms with van der Waals surface area (Å²) in [5.41, 5.74) is 2.87. The summed E-state index contributed by atoms with van der Waals surface area (Å²) < 4.78 is 13.0. The van der Waals surface area contributed by atoms with Crippen molar-refractivity contribution in [2.24, 2.45) is 0 Å². The van der Waals surface area contributed by atoms with Gasteiger partial charge in [0.15, 0.2) is 6.04 Å². The van der Waals surface area contributed by atoms with Gasteiger partial charge in [-0.25, -0.2) is 4.39 Å². The van der Waals surface area contributed by atoms with Gasteiger partial charge < -0.3 is 10.6 Å². The van der Waals surface area contributed by atoms with Crippen LogP contribution in [0.4, 0.5) is 10.1 Å². The highest BCUT2D eigenvalue weighted by Gasteiger charge is 2.24. The predicted molar refractivity (Wildman–Crippen MR) is 101 cm³/mol. The first kappa shape index (κ1) is 17.8. The Labute approximate surface area is 152 Å². The van der Waals surface area contributed by atoms with Crippen LogP contribution in [0.1, 0.15) is 24.1 Å². The van der Waals surface area contributed by atoms with Crippen LogP contribution in [0.25, 0.3) is 0 Å². The van der Waals surface area contributed by atoms with Gasteiger partial charge >= 0.3 is 0 Å². The van der Waals surface area contributed by atoms with Crippen molar-refractivity contribution < 1.29 is 14.5 Å².